The van der Waals surface area contributed by atoms with Crippen LogP contribution in [-0.2, 0) is 14.2 Å². The van der Waals surface area contributed by atoms with Crippen LogP contribution in [0.25, 0.3) is 0 Å². The summed E-state index contributed by atoms with van der Waals surface area (Å²) in [6, 6.07) is 10.6. The molecule has 40 heavy (non-hydrogen) atoms. The lowest BCUT2D eigenvalue weighted by Crippen LogP contribution is -2.83. The van der Waals surface area contributed by atoms with Crippen LogP contribution in [0.5, 0.6) is 5.75 Å². The number of hydrogen-bond acceptors (Lipinski definition) is 8. The van der Waals surface area contributed by atoms with Gasteiger partial charge in [0, 0.05) is 6.07 Å². The number of quaternary nitrogens is 1. The van der Waals surface area contributed by atoms with E-state index in [1.165, 1.54) is 17.3 Å². The molecule has 0 aliphatic carbocycles. The van der Waals surface area contributed by atoms with E-state index in [0.717, 1.165) is 11.1 Å². The van der Waals surface area contributed by atoms with Gasteiger partial charge in [0.1, 0.15) is 23.6 Å². The van der Waals surface area contributed by atoms with Gasteiger partial charge in [-0.1, -0.05) is 18.2 Å². The van der Waals surface area contributed by atoms with E-state index in [-0.39, 0.29) is 25.6 Å². The van der Waals surface area contributed by atoms with Crippen molar-refractivity contribution < 1.29 is 39.0 Å². The number of carbonyl (C=O) groups excluding carboxylic acids is 2. The van der Waals surface area contributed by atoms with Gasteiger partial charge in [-0.2, -0.15) is 4.79 Å². The molecule has 1 atom stereocenters. The fourth-order valence-electron chi connectivity index (χ4n) is 3.67. The number of nitrogens with two attached hydrogens (primary N) is 1. The molecule has 2 amide bonds. The summed E-state index contributed by atoms with van der Waals surface area (Å²) in [7, 11) is 1.38. The maximum absolute atomic E-state index is 13.0. The third kappa shape index (κ3) is 10.5. The minimum absolute atomic E-state index is 0.0163. The Morgan fingerprint density at radius 2 is 1.62 bits per heavy atom. The van der Waals surface area contributed by atoms with Gasteiger partial charge in [-0.25, -0.2) is 10.1 Å². The molecule has 10 nitrogen and oxygen atoms in total. The summed E-state index contributed by atoms with van der Waals surface area (Å²) >= 11 is 0. The van der Waals surface area contributed by atoms with Crippen molar-refractivity contribution in [3.63, 3.8) is 0 Å². The standard InChI is InChI=1S/C30H43N3O7/c1-19-10-11-21(16-20(19)2)25(34)18-33(28(36)40-30(6,7)8)14-15-38-22-12-13-23(26(31)37-9)24(17-22)32-27(35)39-29(3,4)5/h10-13,16-17,25,31,34H,14-15,18H2,1-9H3,(H,32,35)/p+1. The second-order valence-corrected chi connectivity index (χ2v) is 11.6. The Hall–Kier alpha value is -3.63. The molecule has 0 radical (unpaired) electrons. The van der Waals surface area contributed by atoms with Crippen LogP contribution < -0.4 is 10.1 Å². The van der Waals surface area contributed by atoms with Crippen molar-refractivity contribution in [2.24, 2.45) is 0 Å². The van der Waals surface area contributed by atoms with E-state index in [0.29, 0.717) is 22.6 Å². The van der Waals surface area contributed by atoms with Crippen molar-refractivity contribution in [3.05, 3.63) is 58.7 Å². The Labute approximate surface area is 237 Å². The molecule has 2 rings (SSSR count). The van der Waals surface area contributed by atoms with Crippen LogP contribution >= 0.6 is 0 Å². The van der Waals surface area contributed by atoms with Gasteiger partial charge in [0.05, 0.1) is 31.9 Å². The third-order valence-corrected chi connectivity index (χ3v) is 5.74. The van der Waals surface area contributed by atoms with Crippen molar-refractivity contribution in [1.29, 1.82) is 5.41 Å². The van der Waals surface area contributed by atoms with Gasteiger partial charge in [0.15, 0.2) is 5.69 Å². The number of primary amides is 1. The molecule has 0 saturated heterocycles. The molecule has 220 valence electrons. The number of aryl methyl sites for hydroxylation is 2. The van der Waals surface area contributed by atoms with Gasteiger partial charge in [0.25, 0.3) is 0 Å². The molecular formula is C30H44N3O7+. The molecule has 2 aromatic rings. The summed E-state index contributed by atoms with van der Waals surface area (Å²) in [5.74, 6) is 0.305. The monoisotopic (exact) mass is 558 g/mol. The molecule has 1 unspecified atom stereocenters. The minimum atomic E-state index is -0.916. The Balaban J connectivity index is 2.19. The summed E-state index contributed by atoms with van der Waals surface area (Å²) in [6.45, 7) is 14.8. The summed E-state index contributed by atoms with van der Waals surface area (Å²) in [6.07, 6.45) is -2.05. The summed E-state index contributed by atoms with van der Waals surface area (Å²) in [5.41, 5.74) is 2.27. The van der Waals surface area contributed by atoms with Gasteiger partial charge >= 0.3 is 12.2 Å². The fourth-order valence-corrected chi connectivity index (χ4v) is 3.67. The Morgan fingerprint density at radius 1 is 0.975 bits per heavy atom. The highest BCUT2D eigenvalue weighted by Crippen LogP contribution is 2.22. The van der Waals surface area contributed by atoms with Crippen LogP contribution in [0.2, 0.25) is 0 Å². The summed E-state index contributed by atoms with van der Waals surface area (Å²) in [5, 5.41) is 20.3. The minimum Gasteiger partial charge on any atom is -0.492 e. The maximum Gasteiger partial charge on any atom is 0.518 e. The number of amides is 2. The number of ether oxygens (including phenoxy) is 4. The quantitative estimate of drug-likeness (QED) is 0.230. The van der Waals surface area contributed by atoms with Crippen molar-refractivity contribution in [3.8, 4) is 5.75 Å². The van der Waals surface area contributed by atoms with Crippen LogP contribution in [0.1, 0.15) is 69.9 Å². The van der Waals surface area contributed by atoms with E-state index in [2.05, 4.69) is 0 Å². The summed E-state index contributed by atoms with van der Waals surface area (Å²) < 4.78 is 21.9. The number of nitrogens with zero attached hydrogens (tertiary/aromatic N) is 1. The molecule has 0 spiro atoms. The Bertz CT molecular complexity index is 1200. The van der Waals surface area contributed by atoms with Crippen molar-refractivity contribution in [1.82, 2.24) is 4.90 Å². The van der Waals surface area contributed by atoms with Crippen molar-refractivity contribution >= 4 is 23.8 Å². The van der Waals surface area contributed by atoms with Crippen LogP contribution in [0.4, 0.5) is 15.3 Å². The van der Waals surface area contributed by atoms with Crippen molar-refractivity contribution in [2.75, 3.05) is 26.8 Å². The molecule has 2 aromatic carbocycles. The van der Waals surface area contributed by atoms with Gasteiger partial charge in [-0.05, 0) is 84.2 Å². The van der Waals surface area contributed by atoms with Crippen LogP contribution in [-0.4, -0.2) is 66.1 Å². The zero-order valence-corrected chi connectivity index (χ0v) is 25.1. The lowest BCUT2D eigenvalue weighted by Gasteiger charge is -2.29. The number of methoxy groups -OCH3 is 1. The Kier molecular flexibility index (Phi) is 11.1. The highest BCUT2D eigenvalue weighted by atomic mass is 16.6. The SMILES string of the molecule is COC(=N)c1ccc(OCCN(CC(O)c2ccc(C)c(C)c2)C(=O)OC(C)(C)C)cc1[NH2+]C(=O)OC(C)(C)C. The fraction of sp³-hybridized carbons (Fsp3) is 0.500. The van der Waals surface area contributed by atoms with Crippen LogP contribution in [0.3, 0.4) is 0 Å². The van der Waals surface area contributed by atoms with Crippen LogP contribution in [0, 0.1) is 19.3 Å². The first-order chi connectivity index (χ1) is 18.5. The molecule has 0 fully saturated rings. The topological polar surface area (TPSA) is 135 Å². The Morgan fingerprint density at radius 3 is 2.20 bits per heavy atom. The van der Waals surface area contributed by atoms with Crippen LogP contribution in [0.15, 0.2) is 36.4 Å². The zero-order chi connectivity index (χ0) is 30.3. The van der Waals surface area contributed by atoms with E-state index in [9.17, 15) is 14.7 Å². The van der Waals surface area contributed by atoms with E-state index in [1.807, 2.05) is 32.0 Å². The molecule has 0 aliphatic rings. The van der Waals surface area contributed by atoms with Gasteiger partial charge < -0.3 is 29.0 Å². The molecule has 0 saturated carbocycles. The number of benzene rings is 2. The normalized spacial score (nSPS) is 12.3. The molecule has 0 heterocycles. The lowest BCUT2D eigenvalue weighted by atomic mass is 10.0. The summed E-state index contributed by atoms with van der Waals surface area (Å²) in [4.78, 5) is 26.8. The molecule has 0 bridgehead atoms. The molecule has 0 aromatic heterocycles. The zero-order valence-electron chi connectivity index (χ0n) is 25.1. The first kappa shape index (κ1) is 32.6. The molecule has 0 aliphatic heterocycles. The number of aliphatic hydroxyl groups is 1. The number of aliphatic hydroxyl groups excluding tert-OH is 1. The highest BCUT2D eigenvalue weighted by Gasteiger charge is 2.26. The number of hydrogen-bond donors (Lipinski definition) is 3. The average Bonchev–Trinajstić information content (AvgIpc) is 2.82. The highest BCUT2D eigenvalue weighted by molar-refractivity contribution is 5.96. The van der Waals surface area contributed by atoms with E-state index >= 15 is 0 Å². The molecular weight excluding hydrogens is 514 g/mol. The number of nitrogens with one attached hydrogen (secondary N) is 1. The lowest BCUT2D eigenvalue weighted by molar-refractivity contribution is -0.486. The molecule has 10 heteroatoms. The second kappa shape index (κ2) is 13.6. The first-order valence-corrected chi connectivity index (χ1v) is 13.2. The van der Waals surface area contributed by atoms with E-state index in [1.54, 1.807) is 59.7 Å². The average molecular weight is 559 g/mol. The van der Waals surface area contributed by atoms with Crippen molar-refractivity contribution in [2.45, 2.75) is 72.7 Å². The van der Waals surface area contributed by atoms with Gasteiger partial charge in [-0.15, -0.1) is 0 Å². The third-order valence-electron chi connectivity index (χ3n) is 5.74. The maximum atomic E-state index is 13.0. The van der Waals surface area contributed by atoms with Gasteiger partial charge in [-0.3, -0.25) is 5.41 Å². The largest absolute Gasteiger partial charge is 0.518 e. The number of carbonyl (C=O) groups is 2. The van der Waals surface area contributed by atoms with E-state index < -0.39 is 29.5 Å². The molecule has 4 N–H and O–H groups in total. The predicted octanol–water partition coefficient (Wildman–Crippen LogP) is 4.75. The number of rotatable bonds is 9. The van der Waals surface area contributed by atoms with Gasteiger partial charge in [0.2, 0.25) is 5.90 Å². The second-order valence-electron chi connectivity index (χ2n) is 11.6. The predicted molar refractivity (Wildman–Crippen MR) is 152 cm³/mol. The van der Waals surface area contributed by atoms with E-state index in [4.69, 9.17) is 24.4 Å². The first-order valence-electron chi connectivity index (χ1n) is 13.2. The smallest absolute Gasteiger partial charge is 0.492 e.